The molecule has 1 fully saturated rings. The number of benzene rings is 1. The normalized spacial score (nSPS) is 18.2. The topological polar surface area (TPSA) is 36.9 Å². The van der Waals surface area contributed by atoms with E-state index in [0.717, 1.165) is 57.4 Å². The van der Waals surface area contributed by atoms with Crippen LogP contribution in [0.1, 0.15) is 19.8 Å². The van der Waals surface area contributed by atoms with E-state index in [0.29, 0.717) is 5.92 Å². The average Bonchev–Trinajstić information content (AvgIpc) is 3.07. The lowest BCUT2D eigenvalue weighted by Gasteiger charge is -2.24. The van der Waals surface area contributed by atoms with Crippen LogP contribution in [0.25, 0.3) is 0 Å². The van der Waals surface area contributed by atoms with Crippen molar-refractivity contribution in [3.63, 3.8) is 0 Å². The molecule has 1 N–H and O–H groups in total. The molecule has 1 aromatic carbocycles. The van der Waals surface area contributed by atoms with Crippen molar-refractivity contribution in [1.82, 2.24) is 10.2 Å². The molecule has 0 amide bonds. The fourth-order valence-corrected chi connectivity index (χ4v) is 3.49. The SMILES string of the molecule is CCNC(=NCCCSc1ccccc1)N(C)CC1CCOC1. The molecule has 0 aliphatic carbocycles. The summed E-state index contributed by atoms with van der Waals surface area (Å²) in [4.78, 5) is 8.34. The summed E-state index contributed by atoms with van der Waals surface area (Å²) in [6, 6.07) is 10.6. The van der Waals surface area contributed by atoms with E-state index in [2.05, 4.69) is 54.5 Å². The van der Waals surface area contributed by atoms with Crippen molar-refractivity contribution < 1.29 is 4.74 Å². The van der Waals surface area contributed by atoms with Gasteiger partial charge in [0.1, 0.15) is 0 Å². The summed E-state index contributed by atoms with van der Waals surface area (Å²) in [7, 11) is 2.12. The van der Waals surface area contributed by atoms with Crippen LogP contribution < -0.4 is 5.32 Å². The number of hydrogen-bond acceptors (Lipinski definition) is 3. The number of thioether (sulfide) groups is 1. The summed E-state index contributed by atoms with van der Waals surface area (Å²) in [5.74, 6) is 2.76. The van der Waals surface area contributed by atoms with Gasteiger partial charge in [0.15, 0.2) is 5.96 Å². The second-order valence-electron chi connectivity index (χ2n) is 5.86. The molecule has 23 heavy (non-hydrogen) atoms. The molecule has 0 aromatic heterocycles. The van der Waals surface area contributed by atoms with Crippen LogP contribution in [-0.2, 0) is 4.74 Å². The molecule has 2 rings (SSSR count). The summed E-state index contributed by atoms with van der Waals surface area (Å²) in [6.45, 7) is 6.70. The fourth-order valence-electron chi connectivity index (χ4n) is 2.63. The van der Waals surface area contributed by atoms with Gasteiger partial charge in [0.2, 0.25) is 0 Å². The minimum absolute atomic E-state index is 0.637. The van der Waals surface area contributed by atoms with E-state index in [4.69, 9.17) is 9.73 Å². The Morgan fingerprint density at radius 1 is 1.39 bits per heavy atom. The molecule has 0 radical (unpaired) electrons. The molecule has 1 aliphatic rings. The van der Waals surface area contributed by atoms with Crippen LogP contribution in [-0.4, -0.2) is 56.5 Å². The van der Waals surface area contributed by atoms with E-state index < -0.39 is 0 Å². The van der Waals surface area contributed by atoms with Crippen LogP contribution >= 0.6 is 11.8 Å². The third-order valence-electron chi connectivity index (χ3n) is 3.83. The van der Waals surface area contributed by atoms with E-state index in [1.165, 1.54) is 4.90 Å². The van der Waals surface area contributed by atoms with Gasteiger partial charge in [-0.15, -0.1) is 11.8 Å². The minimum Gasteiger partial charge on any atom is -0.381 e. The van der Waals surface area contributed by atoms with Crippen LogP contribution in [0.4, 0.5) is 0 Å². The van der Waals surface area contributed by atoms with Crippen LogP contribution in [0.2, 0.25) is 0 Å². The van der Waals surface area contributed by atoms with Gasteiger partial charge in [-0.05, 0) is 37.7 Å². The lowest BCUT2D eigenvalue weighted by Crippen LogP contribution is -2.41. The first-order valence-corrected chi connectivity index (χ1v) is 9.53. The van der Waals surface area contributed by atoms with Gasteiger partial charge in [0.05, 0.1) is 6.61 Å². The number of rotatable bonds is 8. The first kappa shape index (κ1) is 18.1. The second-order valence-corrected chi connectivity index (χ2v) is 7.03. The first-order valence-electron chi connectivity index (χ1n) is 8.54. The first-order chi connectivity index (χ1) is 11.3. The molecular weight excluding hydrogens is 306 g/mol. The number of ether oxygens (including phenoxy) is 1. The molecular formula is C18H29N3OS. The van der Waals surface area contributed by atoms with Crippen LogP contribution in [0.3, 0.4) is 0 Å². The lowest BCUT2D eigenvalue weighted by atomic mass is 10.1. The van der Waals surface area contributed by atoms with Gasteiger partial charge >= 0.3 is 0 Å². The highest BCUT2D eigenvalue weighted by molar-refractivity contribution is 7.99. The Morgan fingerprint density at radius 3 is 2.91 bits per heavy atom. The summed E-state index contributed by atoms with van der Waals surface area (Å²) < 4.78 is 5.46. The maximum absolute atomic E-state index is 5.46. The minimum atomic E-state index is 0.637. The average molecular weight is 336 g/mol. The third-order valence-corrected chi connectivity index (χ3v) is 4.93. The maximum Gasteiger partial charge on any atom is 0.193 e. The van der Waals surface area contributed by atoms with Gasteiger partial charge in [0, 0.05) is 44.1 Å². The summed E-state index contributed by atoms with van der Waals surface area (Å²) in [5, 5.41) is 3.39. The molecule has 0 bridgehead atoms. The Kier molecular flexibility index (Phi) is 8.32. The highest BCUT2D eigenvalue weighted by Gasteiger charge is 2.18. The van der Waals surface area contributed by atoms with Crippen molar-refractivity contribution in [2.75, 3.05) is 45.6 Å². The molecule has 1 aliphatic heterocycles. The molecule has 5 heteroatoms. The zero-order valence-electron chi connectivity index (χ0n) is 14.3. The van der Waals surface area contributed by atoms with E-state index in [1.807, 2.05) is 11.8 Å². The summed E-state index contributed by atoms with van der Waals surface area (Å²) >= 11 is 1.90. The van der Waals surface area contributed by atoms with E-state index in [1.54, 1.807) is 0 Å². The van der Waals surface area contributed by atoms with Gasteiger partial charge in [-0.2, -0.15) is 0 Å². The van der Waals surface area contributed by atoms with Crippen LogP contribution in [0.15, 0.2) is 40.2 Å². The van der Waals surface area contributed by atoms with Crippen molar-refractivity contribution in [2.45, 2.75) is 24.7 Å². The number of nitrogens with one attached hydrogen (secondary N) is 1. The van der Waals surface area contributed by atoms with E-state index in [9.17, 15) is 0 Å². The summed E-state index contributed by atoms with van der Waals surface area (Å²) in [6.07, 6.45) is 2.26. The molecule has 1 unspecified atom stereocenters. The van der Waals surface area contributed by atoms with Gasteiger partial charge in [-0.1, -0.05) is 18.2 Å². The lowest BCUT2D eigenvalue weighted by molar-refractivity contribution is 0.181. The summed E-state index contributed by atoms with van der Waals surface area (Å²) in [5.41, 5.74) is 0. The molecule has 0 spiro atoms. The standard InChI is InChI=1S/C18H29N3OS/c1-3-19-18(21(2)14-16-10-12-22-15-16)20-11-7-13-23-17-8-5-4-6-9-17/h4-6,8-9,16H,3,7,10-15H2,1-2H3,(H,19,20). The maximum atomic E-state index is 5.46. The van der Waals surface area contributed by atoms with Gasteiger partial charge < -0.3 is 15.0 Å². The zero-order valence-corrected chi connectivity index (χ0v) is 15.1. The molecule has 1 atom stereocenters. The Labute approximate surface area is 144 Å². The van der Waals surface area contributed by atoms with Crippen molar-refractivity contribution >= 4 is 17.7 Å². The smallest absolute Gasteiger partial charge is 0.193 e. The number of guanidine groups is 1. The highest BCUT2D eigenvalue weighted by Crippen LogP contribution is 2.17. The van der Waals surface area contributed by atoms with E-state index >= 15 is 0 Å². The molecule has 1 heterocycles. The van der Waals surface area contributed by atoms with Crippen LogP contribution in [0.5, 0.6) is 0 Å². The molecule has 1 aromatic rings. The van der Waals surface area contributed by atoms with Crippen molar-refractivity contribution in [3.8, 4) is 0 Å². The molecule has 128 valence electrons. The molecule has 1 saturated heterocycles. The van der Waals surface area contributed by atoms with Gasteiger partial charge in [0.25, 0.3) is 0 Å². The largest absolute Gasteiger partial charge is 0.381 e. The molecule has 0 saturated carbocycles. The monoisotopic (exact) mass is 335 g/mol. The quantitative estimate of drug-likeness (QED) is 0.343. The van der Waals surface area contributed by atoms with Crippen molar-refractivity contribution in [1.29, 1.82) is 0 Å². The Morgan fingerprint density at radius 2 is 2.22 bits per heavy atom. The fraction of sp³-hybridized carbons (Fsp3) is 0.611. The second kappa shape index (κ2) is 10.6. The highest BCUT2D eigenvalue weighted by atomic mass is 32.2. The van der Waals surface area contributed by atoms with Crippen LogP contribution in [0, 0.1) is 5.92 Å². The Bertz CT molecular complexity index is 461. The Balaban J connectivity index is 1.71. The zero-order chi connectivity index (χ0) is 16.3. The Hall–Kier alpha value is -1.20. The number of aliphatic imine (C=N–C) groups is 1. The predicted molar refractivity (Wildman–Crippen MR) is 99.3 cm³/mol. The van der Waals surface area contributed by atoms with Gasteiger partial charge in [-0.3, -0.25) is 4.99 Å². The van der Waals surface area contributed by atoms with Crippen molar-refractivity contribution in [3.05, 3.63) is 30.3 Å². The third kappa shape index (κ3) is 6.83. The number of hydrogen-bond donors (Lipinski definition) is 1. The van der Waals surface area contributed by atoms with E-state index in [-0.39, 0.29) is 0 Å². The predicted octanol–water partition coefficient (Wildman–Crippen LogP) is 3.10. The number of nitrogens with zero attached hydrogens (tertiary/aromatic N) is 2. The van der Waals surface area contributed by atoms with Crippen molar-refractivity contribution in [2.24, 2.45) is 10.9 Å². The molecule has 4 nitrogen and oxygen atoms in total. The van der Waals surface area contributed by atoms with Gasteiger partial charge in [-0.25, -0.2) is 0 Å².